The van der Waals surface area contributed by atoms with Crippen molar-refractivity contribution < 1.29 is 83.5 Å². The summed E-state index contributed by atoms with van der Waals surface area (Å²) in [6.07, 6.45) is 4.19. The van der Waals surface area contributed by atoms with Crippen molar-refractivity contribution in [2.75, 3.05) is 37.7 Å². The smallest absolute Gasteiger partial charge is 0.490 e. The number of nitrogens with one attached hydrogen (secondary N) is 2. The van der Waals surface area contributed by atoms with Crippen molar-refractivity contribution in [1.82, 2.24) is 19.4 Å². The van der Waals surface area contributed by atoms with E-state index in [2.05, 4.69) is 60.0 Å². The molecule has 1 aliphatic carbocycles. The van der Waals surface area contributed by atoms with E-state index in [0.717, 1.165) is 69.8 Å². The molecule has 8 N–H and O–H groups in total. The molecule has 1 saturated heterocycles. The predicted molar refractivity (Wildman–Crippen MR) is 291 cm³/mol. The zero-order chi connectivity index (χ0) is 58.5. The van der Waals surface area contributed by atoms with Crippen LogP contribution < -0.4 is 31.4 Å². The van der Waals surface area contributed by atoms with Gasteiger partial charge in [0.2, 0.25) is 11.3 Å². The molecule has 3 aromatic rings. The maximum absolute atomic E-state index is 12.9. The van der Waals surface area contributed by atoms with Crippen LogP contribution in [0.2, 0.25) is 0 Å². The summed E-state index contributed by atoms with van der Waals surface area (Å²) < 4.78 is 98.1. The van der Waals surface area contributed by atoms with Gasteiger partial charge < -0.3 is 53.7 Å². The number of phosphoric acid groups is 3. The topological polar surface area (TPSA) is 370 Å². The lowest BCUT2D eigenvalue weighted by molar-refractivity contribution is -0.121. The third kappa shape index (κ3) is 14.8. The largest absolute Gasteiger partial charge is 0.744 e. The lowest BCUT2D eigenvalue weighted by Crippen LogP contribution is -2.38. The van der Waals surface area contributed by atoms with Crippen LogP contribution in [0.1, 0.15) is 81.9 Å². The summed E-state index contributed by atoms with van der Waals surface area (Å²) >= 11 is 0. The van der Waals surface area contributed by atoms with E-state index in [0.29, 0.717) is 35.9 Å². The molecule has 1 amide bonds. The van der Waals surface area contributed by atoms with Gasteiger partial charge in [-0.15, -0.1) is 0 Å². The molecule has 3 aliphatic heterocycles. The van der Waals surface area contributed by atoms with E-state index < -0.39 is 81.4 Å². The zero-order valence-corrected chi connectivity index (χ0v) is 47.5. The van der Waals surface area contributed by atoms with Crippen LogP contribution in [0.5, 0.6) is 0 Å². The number of H-pyrrole nitrogens is 1. The second kappa shape index (κ2) is 25.2. The first-order chi connectivity index (χ1) is 37.5. The zero-order valence-electron chi connectivity index (χ0n) is 44.0. The van der Waals surface area contributed by atoms with Gasteiger partial charge in [0.05, 0.1) is 23.1 Å². The number of fused-ring (bicyclic) bond motifs is 2. The average Bonchev–Trinajstić information content (AvgIpc) is 3.94. The Hall–Kier alpha value is -5.76. The summed E-state index contributed by atoms with van der Waals surface area (Å²) in [5.74, 6) is 1.14. The van der Waals surface area contributed by atoms with Crippen molar-refractivity contribution in [1.29, 1.82) is 0 Å². The quantitative estimate of drug-likeness (QED) is 0.0185. The molecule has 1 fully saturated rings. The number of aliphatic hydroxyl groups is 2. The maximum atomic E-state index is 12.9. The molecule has 0 bridgehead atoms. The van der Waals surface area contributed by atoms with Crippen molar-refractivity contribution >= 4 is 57.3 Å². The molecular weight excluding hydrogens is 1130 g/mol. The van der Waals surface area contributed by atoms with Gasteiger partial charge in [-0.2, -0.15) is 8.62 Å². The number of hydrogen-bond acceptors (Lipinski definition) is 17. The number of unbranched alkanes of at least 4 members (excludes halogenated alkanes) is 2. The summed E-state index contributed by atoms with van der Waals surface area (Å²) in [6.45, 7) is 11.1. The molecule has 1 aromatic heterocycles. The number of carbonyl (C=O) groups excluding carboxylic acids is 1. The number of aromatic nitrogens is 2. The van der Waals surface area contributed by atoms with E-state index >= 15 is 0 Å². The third-order valence-corrected chi connectivity index (χ3v) is 18.1. The highest BCUT2D eigenvalue weighted by molar-refractivity contribution is 7.85. The van der Waals surface area contributed by atoms with Crippen molar-refractivity contribution in [3.63, 3.8) is 0 Å². The number of amides is 1. The minimum Gasteiger partial charge on any atom is -0.744 e. The van der Waals surface area contributed by atoms with Gasteiger partial charge in [0, 0.05) is 65.3 Å². The van der Waals surface area contributed by atoms with Crippen LogP contribution in [0.15, 0.2) is 116 Å². The summed E-state index contributed by atoms with van der Waals surface area (Å²) in [5.41, 5.74) is 3.13. The Bertz CT molecular complexity index is 3640. The molecule has 432 valence electrons. The minimum absolute atomic E-state index is 0.0539. The Kier molecular flexibility index (Phi) is 19.5. The average molecular weight is 1190 g/mol. The Morgan fingerprint density at radius 2 is 1.64 bits per heavy atom. The number of anilines is 1. The molecule has 29 heteroatoms. The summed E-state index contributed by atoms with van der Waals surface area (Å²) in [7, 11) is -21.9. The lowest BCUT2D eigenvalue weighted by atomic mass is 9.83. The van der Waals surface area contributed by atoms with Crippen molar-refractivity contribution in [3.8, 4) is 22.6 Å². The van der Waals surface area contributed by atoms with E-state index in [1.807, 2.05) is 74.3 Å². The van der Waals surface area contributed by atoms with Gasteiger partial charge in [-0.05, 0) is 75.1 Å². The number of nitrogens with zero attached hydrogens (tertiary/aromatic N) is 3. The molecule has 0 radical (unpaired) electrons. The Morgan fingerprint density at radius 1 is 0.925 bits per heavy atom. The van der Waals surface area contributed by atoms with E-state index in [1.165, 1.54) is 24.3 Å². The van der Waals surface area contributed by atoms with Crippen LogP contribution in [-0.4, -0.2) is 109 Å². The van der Waals surface area contributed by atoms with E-state index in [9.17, 15) is 61.0 Å². The summed E-state index contributed by atoms with van der Waals surface area (Å²) in [6, 6.07) is 20.5. The van der Waals surface area contributed by atoms with E-state index in [4.69, 9.17) is 18.9 Å². The molecule has 2 aromatic carbocycles. The fourth-order valence-corrected chi connectivity index (χ4v) is 13.1. The third-order valence-electron chi connectivity index (χ3n) is 13.5. The number of benzene rings is 3. The van der Waals surface area contributed by atoms with Crippen LogP contribution in [0, 0.1) is 6.92 Å². The summed E-state index contributed by atoms with van der Waals surface area (Å²) in [5, 5.41) is 25.0. The first-order valence-corrected chi connectivity index (χ1v) is 31.0. The molecule has 0 saturated carbocycles. The van der Waals surface area contributed by atoms with Gasteiger partial charge in [0.15, 0.2) is 6.23 Å². The summed E-state index contributed by atoms with van der Waals surface area (Å²) in [4.78, 5) is 78.7. The fraction of sp³-hybridized carbons (Fsp3) is 0.373. The van der Waals surface area contributed by atoms with Crippen molar-refractivity contribution in [3.05, 3.63) is 145 Å². The molecule has 6 atom stereocenters. The molecule has 4 heterocycles. The Labute approximate surface area is 459 Å². The van der Waals surface area contributed by atoms with Gasteiger partial charge in [-0.25, -0.2) is 31.5 Å². The number of aliphatic hydroxyl groups excluding tert-OH is 2. The highest BCUT2D eigenvalue weighted by Gasteiger charge is 2.47. The van der Waals surface area contributed by atoms with Crippen LogP contribution >= 0.6 is 23.5 Å². The first-order valence-electron chi connectivity index (χ1n) is 25.1. The monoisotopic (exact) mass is 1190 g/mol. The van der Waals surface area contributed by atoms with Crippen molar-refractivity contribution in [2.45, 2.75) is 95.2 Å². The number of allylic oxidation sites excluding steroid dienone is 3. The minimum atomic E-state index is -5.86. The maximum Gasteiger partial charge on any atom is 0.490 e. The molecule has 0 spiro atoms. The second-order valence-electron chi connectivity index (χ2n) is 19.2. The highest BCUT2D eigenvalue weighted by Crippen LogP contribution is 2.66. The highest BCUT2D eigenvalue weighted by atomic mass is 32.2. The van der Waals surface area contributed by atoms with Gasteiger partial charge in [0.1, 0.15) is 53.0 Å². The predicted octanol–water partition coefficient (Wildman–Crippen LogP) is 4.97. The van der Waals surface area contributed by atoms with E-state index in [-0.39, 0.29) is 29.3 Å². The van der Waals surface area contributed by atoms with Crippen LogP contribution in [-0.2, 0) is 51.9 Å². The standard InChI is InChI=1S/C51H62N5O20P3S/c1-6-54(7-2)35-22-24-38-37(32(3)47(73-41(38)28-35)33-16-10-8-11-17-33)19-14-20-43-51(4,5)39-29-36(80(69,70)71)23-25-40(39)55(43)27-13-9-12-21-44(57)52-26-15-18-34-30-56(50(61)53-48(34)60)49-46(59)45(58)42(74-49)31-72-78(65,66)76-79(67,68)75-77(62,63)64/h8,10-11,14-20,22-25,28-30,42,45-46,49,58-59H,6-7,9,12-13,21,26-27,31H2,1-5H3,(H6-,52,53,57,60,61,62,63,64,65,66,67,68,69,70,71)/b18-15+/t42-,45-,46-,49-/m1/s1. The van der Waals surface area contributed by atoms with Crippen LogP contribution in [0.4, 0.5) is 5.69 Å². The van der Waals surface area contributed by atoms with Gasteiger partial charge in [-0.1, -0.05) is 74.9 Å². The number of aromatic amines is 1. The molecular formula is C51H62N5O20P3S. The molecule has 4 aliphatic rings. The normalized spacial score (nSPS) is 20.4. The van der Waals surface area contributed by atoms with Crippen LogP contribution in [0.3, 0.4) is 0 Å². The first kappa shape index (κ1) is 61.9. The van der Waals surface area contributed by atoms with Gasteiger partial charge >= 0.3 is 29.2 Å². The van der Waals surface area contributed by atoms with Gasteiger partial charge in [0.25, 0.3) is 5.56 Å². The second-order valence-corrected chi connectivity index (χ2v) is 25.0. The lowest BCUT2D eigenvalue weighted by Gasteiger charge is -2.27. The number of hydrogen-bond donors (Lipinski definition) is 8. The number of phosphoric ester groups is 1. The Morgan fingerprint density at radius 3 is 2.31 bits per heavy atom. The molecule has 7 rings (SSSR count). The van der Waals surface area contributed by atoms with Gasteiger partial charge in [-0.3, -0.25) is 23.7 Å². The molecule has 2 unspecified atom stereocenters. The molecule has 25 nitrogen and oxygen atoms in total. The number of carbonyl (C=O) groups is 1. The SMILES string of the molecule is CC[N+](CC)=c1ccc2c(/C=C/C=C3/N(CCCCCC(=O)NC/C=C/c4cn([C@@H]5O[C@H](COP(=O)(O)OP(=O)(O)OP(=O)(O)O)[C@@H](O)[C@H]5O)c(=O)[nH]c4=O)c4ccc(S(=O)(=O)[O-])cc4C3(C)C)c(C)c(-c3ccccc3)oc-2c1. The van der Waals surface area contributed by atoms with Crippen LogP contribution in [0.25, 0.3) is 34.8 Å². The molecule has 80 heavy (non-hydrogen) atoms. The Balaban J connectivity index is 0.994. The number of rotatable bonds is 23. The fourth-order valence-electron chi connectivity index (χ4n) is 9.54. The number of ether oxygens (including phenoxy) is 1. The van der Waals surface area contributed by atoms with E-state index in [1.54, 1.807) is 6.07 Å². The van der Waals surface area contributed by atoms with Crippen molar-refractivity contribution in [2.24, 2.45) is 0 Å².